The number of rotatable bonds is 5. The van der Waals surface area contributed by atoms with Crippen molar-refractivity contribution in [1.29, 1.82) is 0 Å². The van der Waals surface area contributed by atoms with E-state index < -0.39 is 0 Å². The molecule has 0 aliphatic carbocycles. The second-order valence-electron chi connectivity index (χ2n) is 7.14. The Kier molecular flexibility index (Phi) is 10.1. The largest absolute Gasteiger partial charge is 0.339 e. The molecule has 1 N–H and O–H groups in total. The van der Waals surface area contributed by atoms with Crippen LogP contribution in [0.4, 0.5) is 0 Å². The van der Waals surface area contributed by atoms with Gasteiger partial charge in [0, 0.05) is 32.6 Å². The number of piperazine rings is 1. The topological polar surface area (TPSA) is 55.9 Å². The van der Waals surface area contributed by atoms with Gasteiger partial charge < -0.3 is 15.1 Å². The minimum absolute atomic E-state index is 0. The average Bonchev–Trinajstić information content (AvgIpc) is 3.26. The van der Waals surface area contributed by atoms with Crippen molar-refractivity contribution in [1.82, 2.24) is 20.0 Å². The van der Waals surface area contributed by atoms with E-state index in [4.69, 9.17) is 0 Å². The lowest BCUT2D eigenvalue weighted by molar-refractivity contribution is -0.140. The molecule has 3 rings (SSSR count). The highest BCUT2D eigenvalue weighted by Crippen LogP contribution is 2.16. The zero-order chi connectivity index (χ0) is 16.1. The van der Waals surface area contributed by atoms with Crippen molar-refractivity contribution in [2.45, 2.75) is 32.1 Å². The summed E-state index contributed by atoms with van der Waals surface area (Å²) in [6.45, 7) is 7.62. The Balaban J connectivity index is 0.00000156. The van der Waals surface area contributed by atoms with Gasteiger partial charge in [0.2, 0.25) is 11.8 Å². The van der Waals surface area contributed by atoms with Crippen molar-refractivity contribution in [2.75, 3.05) is 58.9 Å². The number of amides is 2. The van der Waals surface area contributed by atoms with Crippen LogP contribution in [0.15, 0.2) is 0 Å². The van der Waals surface area contributed by atoms with Crippen molar-refractivity contribution in [2.24, 2.45) is 5.92 Å². The Morgan fingerprint density at radius 2 is 1.48 bits per heavy atom. The molecule has 3 fully saturated rings. The number of carbonyl (C=O) groups excluding carboxylic acids is 2. The molecule has 3 aliphatic rings. The first-order valence-electron chi connectivity index (χ1n) is 9.21. The minimum Gasteiger partial charge on any atom is -0.339 e. The molecule has 3 aliphatic heterocycles. The number of halogens is 2. The van der Waals surface area contributed by atoms with Crippen LogP contribution in [0.3, 0.4) is 0 Å². The highest BCUT2D eigenvalue weighted by molar-refractivity contribution is 5.85. The molecule has 25 heavy (non-hydrogen) atoms. The molecular formula is C17H32Cl2N4O2. The number of likely N-dealkylation sites (tertiary alicyclic amines) is 1. The maximum absolute atomic E-state index is 12.3. The Hall–Kier alpha value is -0.560. The third-order valence-electron chi connectivity index (χ3n) is 5.47. The van der Waals surface area contributed by atoms with Gasteiger partial charge >= 0.3 is 0 Å². The summed E-state index contributed by atoms with van der Waals surface area (Å²) < 4.78 is 0. The second kappa shape index (κ2) is 11.2. The van der Waals surface area contributed by atoms with Crippen LogP contribution in [0.1, 0.15) is 32.1 Å². The summed E-state index contributed by atoms with van der Waals surface area (Å²) in [6, 6.07) is 0. The molecule has 0 radical (unpaired) electrons. The van der Waals surface area contributed by atoms with Gasteiger partial charge in [-0.2, -0.15) is 0 Å². The van der Waals surface area contributed by atoms with Crippen molar-refractivity contribution >= 4 is 36.6 Å². The first-order valence-corrected chi connectivity index (χ1v) is 9.21. The molecule has 146 valence electrons. The SMILES string of the molecule is Cl.Cl.O=C(CCC1CCNC1)N1CCN(C(=O)CN2CCCC2)CC1. The van der Waals surface area contributed by atoms with Gasteiger partial charge in [0.1, 0.15) is 0 Å². The molecule has 3 heterocycles. The summed E-state index contributed by atoms with van der Waals surface area (Å²) in [5.41, 5.74) is 0. The smallest absolute Gasteiger partial charge is 0.236 e. The van der Waals surface area contributed by atoms with Crippen LogP contribution < -0.4 is 5.32 Å². The molecule has 0 saturated carbocycles. The van der Waals surface area contributed by atoms with Gasteiger partial charge in [0.15, 0.2) is 0 Å². The van der Waals surface area contributed by atoms with Crippen molar-refractivity contribution in [3.63, 3.8) is 0 Å². The van der Waals surface area contributed by atoms with E-state index in [1.165, 1.54) is 19.3 Å². The molecule has 1 atom stereocenters. The number of hydrogen-bond donors (Lipinski definition) is 1. The molecular weight excluding hydrogens is 363 g/mol. The molecule has 0 bridgehead atoms. The second-order valence-corrected chi connectivity index (χ2v) is 7.14. The first-order chi connectivity index (χ1) is 11.2. The van der Waals surface area contributed by atoms with Gasteiger partial charge in [-0.15, -0.1) is 24.8 Å². The Morgan fingerprint density at radius 1 is 0.880 bits per heavy atom. The molecule has 1 unspecified atom stereocenters. The molecule has 0 aromatic rings. The average molecular weight is 395 g/mol. The van der Waals surface area contributed by atoms with E-state index in [1.54, 1.807) is 0 Å². The monoisotopic (exact) mass is 394 g/mol. The summed E-state index contributed by atoms with van der Waals surface area (Å²) in [7, 11) is 0. The van der Waals surface area contributed by atoms with Gasteiger partial charge in [-0.25, -0.2) is 0 Å². The zero-order valence-electron chi connectivity index (χ0n) is 15.0. The van der Waals surface area contributed by atoms with Crippen molar-refractivity contribution in [3.8, 4) is 0 Å². The molecule has 0 spiro atoms. The molecule has 0 aromatic carbocycles. The van der Waals surface area contributed by atoms with Crippen LogP contribution in [0, 0.1) is 5.92 Å². The lowest BCUT2D eigenvalue weighted by atomic mass is 10.0. The Bertz CT molecular complexity index is 419. The number of nitrogens with one attached hydrogen (secondary N) is 1. The fraction of sp³-hybridized carbons (Fsp3) is 0.882. The van der Waals surface area contributed by atoms with E-state index in [-0.39, 0.29) is 36.6 Å². The van der Waals surface area contributed by atoms with E-state index in [0.717, 1.165) is 32.6 Å². The lowest BCUT2D eigenvalue weighted by Gasteiger charge is -2.35. The van der Waals surface area contributed by atoms with E-state index in [0.29, 0.717) is 45.1 Å². The molecule has 0 aromatic heterocycles. The number of hydrogen-bond acceptors (Lipinski definition) is 4. The third-order valence-corrected chi connectivity index (χ3v) is 5.47. The summed E-state index contributed by atoms with van der Waals surface area (Å²) in [6.07, 6.45) is 5.29. The van der Waals surface area contributed by atoms with Crippen LogP contribution in [-0.4, -0.2) is 85.4 Å². The van der Waals surface area contributed by atoms with Gasteiger partial charge in [-0.1, -0.05) is 0 Å². The van der Waals surface area contributed by atoms with Crippen molar-refractivity contribution < 1.29 is 9.59 Å². The fourth-order valence-corrected chi connectivity index (χ4v) is 3.88. The number of carbonyl (C=O) groups is 2. The maximum atomic E-state index is 12.3. The summed E-state index contributed by atoms with van der Waals surface area (Å²) >= 11 is 0. The Morgan fingerprint density at radius 3 is 2.04 bits per heavy atom. The molecule has 6 nitrogen and oxygen atoms in total. The highest BCUT2D eigenvalue weighted by atomic mass is 35.5. The van der Waals surface area contributed by atoms with Crippen LogP contribution in [0.2, 0.25) is 0 Å². The van der Waals surface area contributed by atoms with Gasteiger partial charge in [0.05, 0.1) is 6.54 Å². The minimum atomic E-state index is 0. The Labute approximate surface area is 163 Å². The predicted octanol–water partition coefficient (Wildman–Crippen LogP) is 0.986. The zero-order valence-corrected chi connectivity index (χ0v) is 16.6. The van der Waals surface area contributed by atoms with Crippen LogP contribution in [0.25, 0.3) is 0 Å². The molecule has 3 saturated heterocycles. The van der Waals surface area contributed by atoms with Crippen LogP contribution in [0.5, 0.6) is 0 Å². The lowest BCUT2D eigenvalue weighted by Crippen LogP contribution is -2.52. The normalized spacial score (nSPS) is 23.9. The van der Waals surface area contributed by atoms with E-state index >= 15 is 0 Å². The fourth-order valence-electron chi connectivity index (χ4n) is 3.88. The number of nitrogens with zero attached hydrogens (tertiary/aromatic N) is 3. The van der Waals surface area contributed by atoms with Crippen LogP contribution in [-0.2, 0) is 9.59 Å². The standard InChI is InChI=1S/C17H30N4O2.2ClH/c22-16(4-3-15-5-6-18-13-15)20-9-11-21(12-10-20)17(23)14-19-7-1-2-8-19;;/h15,18H,1-14H2;2*1H. The van der Waals surface area contributed by atoms with E-state index in [1.807, 2.05) is 9.80 Å². The summed E-state index contributed by atoms with van der Waals surface area (Å²) in [4.78, 5) is 30.7. The van der Waals surface area contributed by atoms with Gasteiger partial charge in [0.25, 0.3) is 0 Å². The quantitative estimate of drug-likeness (QED) is 0.755. The molecule has 8 heteroatoms. The summed E-state index contributed by atoms with van der Waals surface area (Å²) in [5.74, 6) is 1.17. The first kappa shape index (κ1) is 22.5. The highest BCUT2D eigenvalue weighted by Gasteiger charge is 2.26. The maximum Gasteiger partial charge on any atom is 0.236 e. The van der Waals surface area contributed by atoms with Gasteiger partial charge in [-0.3, -0.25) is 14.5 Å². The van der Waals surface area contributed by atoms with Crippen LogP contribution >= 0.6 is 24.8 Å². The molecule has 2 amide bonds. The third kappa shape index (κ3) is 6.59. The van der Waals surface area contributed by atoms with Gasteiger partial charge in [-0.05, 0) is 57.8 Å². The van der Waals surface area contributed by atoms with Crippen molar-refractivity contribution in [3.05, 3.63) is 0 Å². The predicted molar refractivity (Wildman–Crippen MR) is 104 cm³/mol. The van der Waals surface area contributed by atoms with E-state index in [9.17, 15) is 9.59 Å². The summed E-state index contributed by atoms with van der Waals surface area (Å²) in [5, 5.41) is 3.35. The van der Waals surface area contributed by atoms with E-state index in [2.05, 4.69) is 10.2 Å².